The molecule has 0 aromatic heterocycles. The van der Waals surface area contributed by atoms with Gasteiger partial charge in [-0.1, -0.05) is 19.1 Å². The van der Waals surface area contributed by atoms with Gasteiger partial charge >= 0.3 is 0 Å². The number of Topliss-reactive ketones (excluding diaryl/α,β-unsaturated/α-hetero) is 1. The zero-order valence-corrected chi connectivity index (χ0v) is 14.5. The normalized spacial score (nSPS) is 73.6. The Hall–Kier alpha value is -0.750. The highest BCUT2D eigenvalue weighted by atomic mass is 16.3. The number of ketones is 1. The number of piperidine rings is 2. The topological polar surface area (TPSA) is 81.0 Å². The standard InChI is InChI=1S/C20H25NO4/c1-8-3-18-6-20(25)16-17(2)4-9(22)5-19(16)14(18)13(24)10(8)12(23)11(18)15(19)21(20)7-17/h10-16,23-25H,1,3-7H2,2H3. The van der Waals surface area contributed by atoms with Crippen LogP contribution in [0.15, 0.2) is 12.2 Å². The fraction of sp³-hybridized carbons (Fsp3) is 0.850. The summed E-state index contributed by atoms with van der Waals surface area (Å²) in [6.45, 7) is 7.09. The minimum atomic E-state index is -0.864. The Morgan fingerprint density at radius 3 is 2.72 bits per heavy atom. The average molecular weight is 343 g/mol. The van der Waals surface area contributed by atoms with Gasteiger partial charge in [0.2, 0.25) is 0 Å². The first-order valence-corrected chi connectivity index (χ1v) is 9.75. The maximum Gasteiger partial charge on any atom is 0.134 e. The predicted octanol–water partition coefficient (Wildman–Crippen LogP) is 0.292. The van der Waals surface area contributed by atoms with Gasteiger partial charge in [0, 0.05) is 54.5 Å². The van der Waals surface area contributed by atoms with E-state index in [1.54, 1.807) is 0 Å². The van der Waals surface area contributed by atoms with E-state index >= 15 is 0 Å². The molecule has 0 aromatic rings. The molecule has 5 heteroatoms. The van der Waals surface area contributed by atoms with Crippen LogP contribution in [-0.2, 0) is 4.79 Å². The molecule has 9 aliphatic rings. The Bertz CT molecular complexity index is 797. The molecule has 0 radical (unpaired) electrons. The predicted molar refractivity (Wildman–Crippen MR) is 87.0 cm³/mol. The third kappa shape index (κ3) is 1.02. The van der Waals surface area contributed by atoms with Gasteiger partial charge in [-0.2, -0.15) is 0 Å². The number of rotatable bonds is 0. The second-order valence-electron chi connectivity index (χ2n) is 10.8. The Morgan fingerprint density at radius 2 is 1.96 bits per heavy atom. The molecule has 9 fully saturated rings. The van der Waals surface area contributed by atoms with Gasteiger partial charge in [0.05, 0.1) is 12.2 Å². The van der Waals surface area contributed by atoms with E-state index in [1.807, 2.05) is 0 Å². The number of hydrogen-bond donors (Lipinski definition) is 3. The Morgan fingerprint density at radius 1 is 1.20 bits per heavy atom. The second-order valence-corrected chi connectivity index (χ2v) is 10.8. The second kappa shape index (κ2) is 3.39. The molecule has 3 N–H and O–H groups in total. The summed E-state index contributed by atoms with van der Waals surface area (Å²) in [5.41, 5.74) is -0.741. The third-order valence-corrected chi connectivity index (χ3v) is 9.98. The minimum Gasteiger partial charge on any atom is -0.392 e. The molecule has 5 nitrogen and oxygen atoms in total. The van der Waals surface area contributed by atoms with Crippen LogP contribution < -0.4 is 0 Å². The van der Waals surface area contributed by atoms with Gasteiger partial charge in [-0.3, -0.25) is 9.69 Å². The quantitative estimate of drug-likeness (QED) is 0.551. The van der Waals surface area contributed by atoms with E-state index < -0.39 is 17.9 Å². The van der Waals surface area contributed by atoms with Crippen LogP contribution in [0.2, 0.25) is 0 Å². The lowest BCUT2D eigenvalue weighted by Crippen LogP contribution is -2.70. The highest BCUT2D eigenvalue weighted by Crippen LogP contribution is 2.88. The van der Waals surface area contributed by atoms with Crippen LogP contribution in [-0.4, -0.2) is 56.5 Å². The van der Waals surface area contributed by atoms with Crippen LogP contribution >= 0.6 is 0 Å². The molecule has 9 rings (SSSR count). The number of nitrogens with zero attached hydrogens (tertiary/aromatic N) is 1. The van der Waals surface area contributed by atoms with Gasteiger partial charge in [-0.25, -0.2) is 0 Å². The summed E-state index contributed by atoms with van der Waals surface area (Å²) in [5.74, 6) is 0.163. The van der Waals surface area contributed by atoms with Gasteiger partial charge in [0.25, 0.3) is 0 Å². The van der Waals surface area contributed by atoms with Crippen molar-refractivity contribution in [1.29, 1.82) is 0 Å². The Kier molecular flexibility index (Phi) is 1.94. The maximum atomic E-state index is 12.8. The van der Waals surface area contributed by atoms with Crippen LogP contribution in [0, 0.1) is 39.9 Å². The van der Waals surface area contributed by atoms with Crippen molar-refractivity contribution in [2.24, 2.45) is 39.9 Å². The number of carbonyl (C=O) groups is 1. The molecule has 9 bridgehead atoms. The summed E-state index contributed by atoms with van der Waals surface area (Å²) in [6.07, 6.45) is 1.23. The first-order valence-electron chi connectivity index (χ1n) is 9.75. The van der Waals surface area contributed by atoms with E-state index in [0.717, 1.165) is 18.5 Å². The number of aliphatic hydroxyl groups excluding tert-OH is 2. The first-order chi connectivity index (χ1) is 11.7. The van der Waals surface area contributed by atoms with Gasteiger partial charge < -0.3 is 15.3 Å². The minimum absolute atomic E-state index is 0.0213. The smallest absolute Gasteiger partial charge is 0.134 e. The molecule has 6 aliphatic carbocycles. The zero-order valence-electron chi connectivity index (χ0n) is 14.5. The molecule has 134 valence electrons. The molecule has 12 atom stereocenters. The number of carbonyl (C=O) groups excluding carboxylic acids is 1. The van der Waals surface area contributed by atoms with Crippen molar-refractivity contribution in [3.8, 4) is 0 Å². The van der Waals surface area contributed by atoms with Crippen molar-refractivity contribution in [2.45, 2.75) is 56.6 Å². The van der Waals surface area contributed by atoms with Crippen LogP contribution in [0.25, 0.3) is 0 Å². The summed E-state index contributed by atoms with van der Waals surface area (Å²) < 4.78 is 0. The van der Waals surface area contributed by atoms with E-state index in [2.05, 4.69) is 18.4 Å². The van der Waals surface area contributed by atoms with E-state index in [9.17, 15) is 20.1 Å². The van der Waals surface area contributed by atoms with Gasteiger partial charge in [-0.05, 0) is 23.7 Å². The van der Waals surface area contributed by atoms with Crippen LogP contribution in [0.5, 0.6) is 0 Å². The maximum absolute atomic E-state index is 12.8. The molecule has 2 spiro atoms. The van der Waals surface area contributed by atoms with Crippen LogP contribution in [0.1, 0.15) is 32.6 Å². The third-order valence-electron chi connectivity index (χ3n) is 9.98. The fourth-order valence-electron chi connectivity index (χ4n) is 10.5. The highest BCUT2D eigenvalue weighted by Gasteiger charge is 2.93. The molecule has 3 aliphatic heterocycles. The van der Waals surface area contributed by atoms with E-state index in [1.165, 1.54) is 0 Å². The molecule has 25 heavy (non-hydrogen) atoms. The lowest BCUT2D eigenvalue weighted by molar-refractivity contribution is -0.265. The molecule has 0 aromatic carbocycles. The van der Waals surface area contributed by atoms with Crippen molar-refractivity contribution in [1.82, 2.24) is 4.90 Å². The molecule has 3 heterocycles. The monoisotopic (exact) mass is 343 g/mol. The van der Waals surface area contributed by atoms with E-state index in [-0.39, 0.29) is 51.7 Å². The van der Waals surface area contributed by atoms with E-state index in [4.69, 9.17) is 0 Å². The first kappa shape index (κ1) is 14.3. The molecular formula is C20H25NO4. The van der Waals surface area contributed by atoms with Crippen molar-refractivity contribution in [3.05, 3.63) is 12.2 Å². The molecule has 12 unspecified atom stereocenters. The van der Waals surface area contributed by atoms with Gasteiger partial charge in [0.1, 0.15) is 11.5 Å². The van der Waals surface area contributed by atoms with Crippen LogP contribution in [0.4, 0.5) is 0 Å². The number of fused-ring (bicyclic) bond motifs is 1. The Labute approximate surface area is 146 Å². The summed E-state index contributed by atoms with van der Waals surface area (Å²) in [7, 11) is 0. The molecule has 3 saturated heterocycles. The Balaban J connectivity index is 1.57. The van der Waals surface area contributed by atoms with Gasteiger partial charge in [-0.15, -0.1) is 0 Å². The van der Waals surface area contributed by atoms with Crippen molar-refractivity contribution in [3.63, 3.8) is 0 Å². The number of aliphatic hydroxyl groups is 3. The SMILES string of the molecule is C=C1CC23CC4(O)C5C6(C)CC(=O)CC57C(C2C(O)C1C(O)C37)N4C6. The number of hydrogen-bond acceptors (Lipinski definition) is 5. The summed E-state index contributed by atoms with van der Waals surface area (Å²) in [6, 6.07) is 0.0429. The highest BCUT2D eigenvalue weighted by molar-refractivity contribution is 5.82. The molecule has 6 saturated carbocycles. The van der Waals surface area contributed by atoms with Crippen molar-refractivity contribution < 1.29 is 20.1 Å². The molecular weight excluding hydrogens is 318 g/mol. The van der Waals surface area contributed by atoms with Crippen molar-refractivity contribution in [2.75, 3.05) is 6.54 Å². The van der Waals surface area contributed by atoms with Crippen molar-refractivity contribution >= 4 is 5.78 Å². The summed E-state index contributed by atoms with van der Waals surface area (Å²) in [4.78, 5) is 15.1. The lowest BCUT2D eigenvalue weighted by Gasteiger charge is -2.66. The summed E-state index contributed by atoms with van der Waals surface area (Å²) >= 11 is 0. The van der Waals surface area contributed by atoms with E-state index in [0.29, 0.717) is 19.3 Å². The summed E-state index contributed by atoms with van der Waals surface area (Å²) in [5, 5.41) is 34.3. The fourth-order valence-corrected chi connectivity index (χ4v) is 10.5. The zero-order chi connectivity index (χ0) is 17.3. The largest absolute Gasteiger partial charge is 0.392 e. The molecule has 0 amide bonds. The van der Waals surface area contributed by atoms with Gasteiger partial charge in [0.15, 0.2) is 0 Å². The average Bonchev–Trinajstić information content (AvgIpc) is 2.82. The lowest BCUT2D eigenvalue weighted by atomic mass is 9.39. The van der Waals surface area contributed by atoms with Crippen LogP contribution in [0.3, 0.4) is 0 Å².